The van der Waals surface area contributed by atoms with Gasteiger partial charge in [-0.05, 0) is 18.6 Å². The number of imidazole rings is 1. The molecule has 0 aliphatic carbocycles. The van der Waals surface area contributed by atoms with Gasteiger partial charge in [0.1, 0.15) is 11.6 Å². The summed E-state index contributed by atoms with van der Waals surface area (Å²) in [5.74, 6) is 1.58. The molecule has 0 fully saturated rings. The van der Waals surface area contributed by atoms with Crippen LogP contribution in [0.4, 0.5) is 5.82 Å². The van der Waals surface area contributed by atoms with E-state index >= 15 is 0 Å². The summed E-state index contributed by atoms with van der Waals surface area (Å²) in [7, 11) is 3.74. The molecule has 2 aromatic heterocycles. The Morgan fingerprint density at radius 3 is 2.81 bits per heavy atom. The molecule has 0 aliphatic rings. The molecule has 0 aliphatic heterocycles. The number of anilines is 1. The molecule has 112 valence electrons. The molecule has 6 nitrogen and oxygen atoms in total. The standard InChI is InChI=1S/C15H21N5O/c1-4-12-9-11(10-13(16-2)19-12)15(21)18-6-5-14-17-7-8-20(14)3/h7-10H,4-6H2,1-3H3,(H,16,19)(H,18,21). The monoisotopic (exact) mass is 287 g/mol. The Hall–Kier alpha value is -2.37. The topological polar surface area (TPSA) is 71.8 Å². The second kappa shape index (κ2) is 6.88. The van der Waals surface area contributed by atoms with E-state index in [2.05, 4.69) is 20.6 Å². The molecular formula is C15H21N5O. The van der Waals surface area contributed by atoms with E-state index in [0.717, 1.165) is 17.9 Å². The number of carbonyl (C=O) groups excluding carboxylic acids is 1. The van der Waals surface area contributed by atoms with Crippen LogP contribution in [-0.2, 0) is 19.9 Å². The third-order valence-corrected chi connectivity index (χ3v) is 3.31. The van der Waals surface area contributed by atoms with Gasteiger partial charge in [-0.1, -0.05) is 6.92 Å². The minimum Gasteiger partial charge on any atom is -0.373 e. The second-order valence-electron chi connectivity index (χ2n) is 4.80. The molecular weight excluding hydrogens is 266 g/mol. The normalized spacial score (nSPS) is 10.4. The van der Waals surface area contributed by atoms with Crippen LogP contribution < -0.4 is 10.6 Å². The number of hydrogen-bond acceptors (Lipinski definition) is 4. The molecule has 1 amide bonds. The molecule has 0 saturated heterocycles. The van der Waals surface area contributed by atoms with E-state index in [1.54, 1.807) is 19.3 Å². The molecule has 6 heteroatoms. The van der Waals surface area contributed by atoms with Crippen molar-refractivity contribution in [2.45, 2.75) is 19.8 Å². The van der Waals surface area contributed by atoms with E-state index in [1.165, 1.54) is 0 Å². The number of nitrogens with zero attached hydrogens (tertiary/aromatic N) is 3. The molecule has 2 heterocycles. The van der Waals surface area contributed by atoms with Crippen molar-refractivity contribution >= 4 is 11.7 Å². The van der Waals surface area contributed by atoms with E-state index in [1.807, 2.05) is 30.8 Å². The van der Waals surface area contributed by atoms with Crippen LogP contribution in [0.25, 0.3) is 0 Å². The Bertz CT molecular complexity index is 598. The number of aryl methyl sites for hydroxylation is 2. The fraction of sp³-hybridized carbons (Fsp3) is 0.400. The molecule has 2 aromatic rings. The predicted molar refractivity (Wildman–Crippen MR) is 82.4 cm³/mol. The van der Waals surface area contributed by atoms with Gasteiger partial charge >= 0.3 is 0 Å². The first kappa shape index (κ1) is 15.0. The van der Waals surface area contributed by atoms with Gasteiger partial charge in [-0.3, -0.25) is 4.79 Å². The van der Waals surface area contributed by atoms with Gasteiger partial charge in [0.2, 0.25) is 0 Å². The molecule has 0 unspecified atom stereocenters. The summed E-state index contributed by atoms with van der Waals surface area (Å²) in [6, 6.07) is 3.59. The third-order valence-electron chi connectivity index (χ3n) is 3.31. The van der Waals surface area contributed by atoms with Gasteiger partial charge in [0.05, 0.1) is 0 Å². The van der Waals surface area contributed by atoms with Crippen molar-refractivity contribution < 1.29 is 4.79 Å². The summed E-state index contributed by atoms with van der Waals surface area (Å²) in [5.41, 5.74) is 1.53. The summed E-state index contributed by atoms with van der Waals surface area (Å²) in [5, 5.41) is 5.90. The SMILES string of the molecule is CCc1cc(C(=O)NCCc2nccn2C)cc(NC)n1. The maximum absolute atomic E-state index is 12.2. The molecule has 2 rings (SSSR count). The molecule has 0 aromatic carbocycles. The van der Waals surface area contributed by atoms with Crippen molar-refractivity contribution in [3.63, 3.8) is 0 Å². The summed E-state index contributed by atoms with van der Waals surface area (Å²) in [6.07, 6.45) is 5.16. The summed E-state index contributed by atoms with van der Waals surface area (Å²) >= 11 is 0. The number of amides is 1. The molecule has 0 bridgehead atoms. The molecule has 0 atom stereocenters. The third kappa shape index (κ3) is 3.81. The van der Waals surface area contributed by atoms with Crippen molar-refractivity contribution in [3.05, 3.63) is 41.6 Å². The number of pyridine rings is 1. The minimum absolute atomic E-state index is 0.0854. The maximum atomic E-state index is 12.2. The first-order valence-electron chi connectivity index (χ1n) is 7.07. The number of carbonyl (C=O) groups is 1. The van der Waals surface area contributed by atoms with E-state index in [9.17, 15) is 4.79 Å². The number of hydrogen-bond donors (Lipinski definition) is 2. The lowest BCUT2D eigenvalue weighted by atomic mass is 10.2. The van der Waals surface area contributed by atoms with Crippen molar-refractivity contribution in [2.24, 2.45) is 7.05 Å². The molecule has 0 spiro atoms. The van der Waals surface area contributed by atoms with Gasteiger partial charge in [-0.25, -0.2) is 9.97 Å². The van der Waals surface area contributed by atoms with Gasteiger partial charge in [0.25, 0.3) is 5.91 Å². The largest absolute Gasteiger partial charge is 0.373 e. The first-order chi connectivity index (χ1) is 10.1. The molecule has 0 radical (unpaired) electrons. The summed E-state index contributed by atoms with van der Waals surface area (Å²) in [6.45, 7) is 2.58. The molecule has 2 N–H and O–H groups in total. The fourth-order valence-corrected chi connectivity index (χ4v) is 2.06. The van der Waals surface area contributed by atoms with Crippen molar-refractivity contribution in [3.8, 4) is 0 Å². The van der Waals surface area contributed by atoms with Crippen LogP contribution in [0, 0.1) is 0 Å². The van der Waals surface area contributed by atoms with E-state index < -0.39 is 0 Å². The quantitative estimate of drug-likeness (QED) is 0.842. The Kier molecular flexibility index (Phi) is 4.92. The zero-order valence-electron chi connectivity index (χ0n) is 12.7. The Morgan fingerprint density at radius 2 is 2.19 bits per heavy atom. The number of rotatable bonds is 6. The van der Waals surface area contributed by atoms with Crippen LogP contribution in [0.3, 0.4) is 0 Å². The highest BCUT2D eigenvalue weighted by atomic mass is 16.1. The molecule has 21 heavy (non-hydrogen) atoms. The van der Waals surface area contributed by atoms with Crippen LogP contribution in [-0.4, -0.2) is 34.0 Å². The van der Waals surface area contributed by atoms with Crippen LogP contribution in [0.15, 0.2) is 24.5 Å². The lowest BCUT2D eigenvalue weighted by molar-refractivity contribution is 0.0953. The highest BCUT2D eigenvalue weighted by Crippen LogP contribution is 2.10. The van der Waals surface area contributed by atoms with Crippen molar-refractivity contribution in [1.82, 2.24) is 19.9 Å². The average Bonchev–Trinajstić information content (AvgIpc) is 2.92. The smallest absolute Gasteiger partial charge is 0.251 e. The lowest BCUT2D eigenvalue weighted by Crippen LogP contribution is -2.26. The zero-order valence-corrected chi connectivity index (χ0v) is 12.7. The van der Waals surface area contributed by atoms with Gasteiger partial charge in [-0.2, -0.15) is 0 Å². The first-order valence-corrected chi connectivity index (χ1v) is 7.07. The fourth-order valence-electron chi connectivity index (χ4n) is 2.06. The average molecular weight is 287 g/mol. The van der Waals surface area contributed by atoms with Gasteiger partial charge in [0.15, 0.2) is 0 Å². The van der Waals surface area contributed by atoms with Crippen molar-refractivity contribution in [2.75, 3.05) is 18.9 Å². The highest BCUT2D eigenvalue weighted by molar-refractivity contribution is 5.95. The molecule has 0 saturated carbocycles. The van der Waals surface area contributed by atoms with E-state index in [-0.39, 0.29) is 5.91 Å². The Labute approximate surface area is 124 Å². The Balaban J connectivity index is 1.98. The summed E-state index contributed by atoms with van der Waals surface area (Å²) < 4.78 is 1.95. The minimum atomic E-state index is -0.0854. The number of aromatic nitrogens is 3. The van der Waals surface area contributed by atoms with Crippen molar-refractivity contribution in [1.29, 1.82) is 0 Å². The van der Waals surface area contributed by atoms with E-state index in [4.69, 9.17) is 0 Å². The van der Waals surface area contributed by atoms with Gasteiger partial charge < -0.3 is 15.2 Å². The van der Waals surface area contributed by atoms with Crippen LogP contribution in [0.2, 0.25) is 0 Å². The van der Waals surface area contributed by atoms with Crippen LogP contribution in [0.5, 0.6) is 0 Å². The van der Waals surface area contributed by atoms with Crippen LogP contribution in [0.1, 0.15) is 28.8 Å². The Morgan fingerprint density at radius 1 is 1.38 bits per heavy atom. The zero-order chi connectivity index (χ0) is 15.2. The maximum Gasteiger partial charge on any atom is 0.251 e. The van der Waals surface area contributed by atoms with Gasteiger partial charge in [0, 0.05) is 50.7 Å². The summed E-state index contributed by atoms with van der Waals surface area (Å²) in [4.78, 5) is 20.8. The number of nitrogens with one attached hydrogen (secondary N) is 2. The van der Waals surface area contributed by atoms with E-state index in [0.29, 0.717) is 24.3 Å². The highest BCUT2D eigenvalue weighted by Gasteiger charge is 2.09. The van der Waals surface area contributed by atoms with Crippen LogP contribution >= 0.6 is 0 Å². The lowest BCUT2D eigenvalue weighted by Gasteiger charge is -2.09. The van der Waals surface area contributed by atoms with Gasteiger partial charge in [-0.15, -0.1) is 0 Å². The predicted octanol–water partition coefficient (Wildman–Crippen LogP) is 1.39. The second-order valence-corrected chi connectivity index (χ2v) is 4.80.